The summed E-state index contributed by atoms with van der Waals surface area (Å²) in [4.78, 5) is 12.6. The number of hydrogen-bond donors (Lipinski definition) is 1. The van der Waals surface area contributed by atoms with Crippen molar-refractivity contribution >= 4 is 27.5 Å². The zero-order valence-electron chi connectivity index (χ0n) is 15.2. The van der Waals surface area contributed by atoms with Gasteiger partial charge in [0.1, 0.15) is 0 Å². The molecule has 0 bridgehead atoms. The number of sulfonamides is 1. The van der Waals surface area contributed by atoms with E-state index in [4.69, 9.17) is 11.6 Å². The fourth-order valence-electron chi connectivity index (χ4n) is 3.19. The minimum atomic E-state index is -3.49. The van der Waals surface area contributed by atoms with Crippen molar-refractivity contribution < 1.29 is 13.2 Å². The van der Waals surface area contributed by atoms with Crippen LogP contribution in [0.1, 0.15) is 35.7 Å². The van der Waals surface area contributed by atoms with Gasteiger partial charge in [0.15, 0.2) is 0 Å². The van der Waals surface area contributed by atoms with Crippen LogP contribution in [0.2, 0.25) is 5.02 Å². The molecule has 1 heterocycles. The standard InChI is InChI=1S/C20H23ClN2O3S/c1-2-15-6-8-19(9-7-15)27(25,26)23-12-10-18(11-13-23)22-20(24)16-4-3-5-17(21)14-16/h3-9,14,18H,2,10-13H2,1H3,(H,22,24). The van der Waals surface area contributed by atoms with E-state index in [1.54, 1.807) is 36.4 Å². The predicted octanol–water partition coefficient (Wildman–Crippen LogP) is 3.49. The molecular weight excluding hydrogens is 384 g/mol. The number of piperidine rings is 1. The SMILES string of the molecule is CCc1ccc(S(=O)(=O)N2CCC(NC(=O)c3cccc(Cl)c3)CC2)cc1. The van der Waals surface area contributed by atoms with Crippen LogP contribution in [0.3, 0.4) is 0 Å². The Morgan fingerprint density at radius 2 is 1.81 bits per heavy atom. The van der Waals surface area contributed by atoms with Gasteiger partial charge in [0.25, 0.3) is 5.91 Å². The Balaban J connectivity index is 1.60. The van der Waals surface area contributed by atoms with Crippen LogP contribution in [0.25, 0.3) is 0 Å². The second kappa shape index (κ2) is 8.42. The Labute approximate surface area is 165 Å². The van der Waals surface area contributed by atoms with Crippen molar-refractivity contribution in [2.75, 3.05) is 13.1 Å². The molecule has 3 rings (SSSR count). The molecule has 0 aromatic heterocycles. The second-order valence-electron chi connectivity index (χ2n) is 6.66. The van der Waals surface area contributed by atoms with E-state index >= 15 is 0 Å². The molecule has 0 aliphatic carbocycles. The first-order valence-electron chi connectivity index (χ1n) is 9.05. The van der Waals surface area contributed by atoms with Gasteiger partial charge >= 0.3 is 0 Å². The zero-order chi connectivity index (χ0) is 19.4. The maximum atomic E-state index is 12.8. The monoisotopic (exact) mass is 406 g/mol. The fraction of sp³-hybridized carbons (Fsp3) is 0.350. The second-order valence-corrected chi connectivity index (χ2v) is 9.03. The van der Waals surface area contributed by atoms with Crippen LogP contribution in [-0.2, 0) is 16.4 Å². The van der Waals surface area contributed by atoms with Gasteiger partial charge in [-0.3, -0.25) is 4.79 Å². The Hall–Kier alpha value is -1.89. The van der Waals surface area contributed by atoms with Crippen LogP contribution in [0, 0.1) is 0 Å². The largest absolute Gasteiger partial charge is 0.349 e. The van der Waals surface area contributed by atoms with E-state index < -0.39 is 10.0 Å². The lowest BCUT2D eigenvalue weighted by Crippen LogP contribution is -2.46. The summed E-state index contributed by atoms with van der Waals surface area (Å²) in [6.07, 6.45) is 2.04. The number of aryl methyl sites for hydroxylation is 1. The number of amides is 1. The van der Waals surface area contributed by atoms with Crippen molar-refractivity contribution in [2.24, 2.45) is 0 Å². The van der Waals surface area contributed by atoms with Gasteiger partial charge in [-0.05, 0) is 55.2 Å². The first kappa shape index (κ1) is 19.9. The summed E-state index contributed by atoms with van der Waals surface area (Å²) in [6.45, 7) is 2.81. The maximum absolute atomic E-state index is 12.8. The Morgan fingerprint density at radius 1 is 1.15 bits per heavy atom. The fourth-order valence-corrected chi connectivity index (χ4v) is 4.85. The van der Waals surface area contributed by atoms with E-state index in [9.17, 15) is 13.2 Å². The molecule has 0 atom stereocenters. The van der Waals surface area contributed by atoms with Gasteiger partial charge in [-0.15, -0.1) is 0 Å². The molecule has 7 heteroatoms. The number of nitrogens with zero attached hydrogens (tertiary/aromatic N) is 1. The van der Waals surface area contributed by atoms with Crippen molar-refractivity contribution in [1.29, 1.82) is 0 Å². The van der Waals surface area contributed by atoms with Crippen molar-refractivity contribution in [3.05, 3.63) is 64.7 Å². The smallest absolute Gasteiger partial charge is 0.251 e. The van der Waals surface area contributed by atoms with Crippen LogP contribution in [0.5, 0.6) is 0 Å². The zero-order valence-corrected chi connectivity index (χ0v) is 16.8. The molecule has 2 aromatic rings. The molecule has 1 fully saturated rings. The summed E-state index contributed by atoms with van der Waals surface area (Å²) < 4.78 is 27.1. The molecule has 5 nitrogen and oxygen atoms in total. The summed E-state index contributed by atoms with van der Waals surface area (Å²) in [7, 11) is -3.49. The minimum absolute atomic E-state index is 0.0506. The molecule has 1 amide bonds. The Kier molecular flexibility index (Phi) is 6.19. The van der Waals surface area contributed by atoms with Gasteiger partial charge in [-0.25, -0.2) is 8.42 Å². The number of carbonyl (C=O) groups is 1. The van der Waals surface area contributed by atoms with Gasteiger partial charge in [-0.2, -0.15) is 4.31 Å². The van der Waals surface area contributed by atoms with E-state index in [1.807, 2.05) is 19.1 Å². The highest BCUT2D eigenvalue weighted by Gasteiger charge is 2.30. The molecule has 2 aromatic carbocycles. The molecule has 1 N–H and O–H groups in total. The number of benzene rings is 2. The first-order valence-corrected chi connectivity index (χ1v) is 10.9. The van der Waals surface area contributed by atoms with Crippen LogP contribution >= 0.6 is 11.6 Å². The Morgan fingerprint density at radius 3 is 2.41 bits per heavy atom. The van der Waals surface area contributed by atoms with E-state index in [0.29, 0.717) is 41.4 Å². The lowest BCUT2D eigenvalue weighted by molar-refractivity contribution is 0.0924. The van der Waals surface area contributed by atoms with Crippen molar-refractivity contribution in [3.8, 4) is 0 Å². The van der Waals surface area contributed by atoms with Gasteiger partial charge in [0.05, 0.1) is 4.90 Å². The molecule has 0 radical (unpaired) electrons. The third-order valence-corrected chi connectivity index (χ3v) is 6.99. The molecule has 144 valence electrons. The number of rotatable bonds is 5. The lowest BCUT2D eigenvalue weighted by atomic mass is 10.1. The summed E-state index contributed by atoms with van der Waals surface area (Å²) in [6, 6.07) is 13.8. The van der Waals surface area contributed by atoms with E-state index in [1.165, 1.54) is 4.31 Å². The molecule has 1 saturated heterocycles. The normalized spacial score (nSPS) is 16.2. The molecule has 0 saturated carbocycles. The van der Waals surface area contributed by atoms with Crippen molar-refractivity contribution in [3.63, 3.8) is 0 Å². The average Bonchev–Trinajstić information content (AvgIpc) is 2.68. The molecule has 1 aliphatic heterocycles. The third kappa shape index (κ3) is 4.69. The highest BCUT2D eigenvalue weighted by molar-refractivity contribution is 7.89. The van der Waals surface area contributed by atoms with Crippen LogP contribution < -0.4 is 5.32 Å². The molecule has 0 spiro atoms. The average molecular weight is 407 g/mol. The highest BCUT2D eigenvalue weighted by atomic mass is 35.5. The molecule has 0 unspecified atom stereocenters. The summed E-state index contributed by atoms with van der Waals surface area (Å²) in [5, 5.41) is 3.48. The molecular formula is C20H23ClN2O3S. The number of halogens is 1. The van der Waals surface area contributed by atoms with Crippen LogP contribution in [-0.4, -0.2) is 37.8 Å². The minimum Gasteiger partial charge on any atom is -0.349 e. The quantitative estimate of drug-likeness (QED) is 0.826. The number of nitrogens with one attached hydrogen (secondary N) is 1. The number of hydrogen-bond acceptors (Lipinski definition) is 3. The highest BCUT2D eigenvalue weighted by Crippen LogP contribution is 2.22. The van der Waals surface area contributed by atoms with Gasteiger partial charge in [0, 0.05) is 29.7 Å². The topological polar surface area (TPSA) is 66.5 Å². The van der Waals surface area contributed by atoms with Crippen molar-refractivity contribution in [1.82, 2.24) is 9.62 Å². The first-order chi connectivity index (χ1) is 12.9. The summed E-state index contributed by atoms with van der Waals surface area (Å²) >= 11 is 5.92. The molecule has 27 heavy (non-hydrogen) atoms. The van der Waals surface area contributed by atoms with E-state index in [2.05, 4.69) is 5.32 Å². The predicted molar refractivity (Wildman–Crippen MR) is 107 cm³/mol. The summed E-state index contributed by atoms with van der Waals surface area (Å²) in [5.74, 6) is -0.186. The molecule has 1 aliphatic rings. The summed E-state index contributed by atoms with van der Waals surface area (Å²) in [5.41, 5.74) is 1.62. The third-order valence-electron chi connectivity index (χ3n) is 4.85. The van der Waals surface area contributed by atoms with E-state index in [0.717, 1.165) is 12.0 Å². The van der Waals surface area contributed by atoms with E-state index in [-0.39, 0.29) is 11.9 Å². The van der Waals surface area contributed by atoms with Gasteiger partial charge < -0.3 is 5.32 Å². The lowest BCUT2D eigenvalue weighted by Gasteiger charge is -2.31. The van der Waals surface area contributed by atoms with Crippen LogP contribution in [0.4, 0.5) is 0 Å². The number of carbonyl (C=O) groups excluding carboxylic acids is 1. The van der Waals surface area contributed by atoms with Gasteiger partial charge in [-0.1, -0.05) is 36.7 Å². The van der Waals surface area contributed by atoms with Crippen molar-refractivity contribution in [2.45, 2.75) is 37.1 Å². The maximum Gasteiger partial charge on any atom is 0.251 e. The van der Waals surface area contributed by atoms with Crippen LogP contribution in [0.15, 0.2) is 53.4 Å². The van der Waals surface area contributed by atoms with Gasteiger partial charge in [0.2, 0.25) is 10.0 Å². The Bertz CT molecular complexity index is 905.